The zero-order chi connectivity index (χ0) is 16.2. The van der Waals surface area contributed by atoms with Crippen molar-refractivity contribution in [2.75, 3.05) is 18.0 Å². The third kappa shape index (κ3) is 2.41. The zero-order valence-corrected chi connectivity index (χ0v) is 12.6. The summed E-state index contributed by atoms with van der Waals surface area (Å²) in [6, 6.07) is 2.77. The molecular weight excluding hydrogens is 307 g/mol. The number of nitrogens with zero attached hydrogens (tertiary/aromatic N) is 2. The van der Waals surface area contributed by atoms with Crippen LogP contribution in [0.3, 0.4) is 0 Å². The highest BCUT2D eigenvalue weighted by Crippen LogP contribution is 2.51. The summed E-state index contributed by atoms with van der Waals surface area (Å²) in [5, 5.41) is 3.50. The van der Waals surface area contributed by atoms with E-state index in [9.17, 15) is 18.0 Å². The molecule has 1 saturated carbocycles. The summed E-state index contributed by atoms with van der Waals surface area (Å²) in [5.74, 6) is 0.475. The molecule has 4 nitrogen and oxygen atoms in total. The van der Waals surface area contributed by atoms with Gasteiger partial charge < -0.3 is 10.2 Å². The Balaban J connectivity index is 1.57. The van der Waals surface area contributed by atoms with Crippen LogP contribution < -0.4 is 10.2 Å². The minimum absolute atomic E-state index is 0.000825. The van der Waals surface area contributed by atoms with Gasteiger partial charge in [-0.1, -0.05) is 0 Å². The maximum atomic E-state index is 12.6. The van der Waals surface area contributed by atoms with Gasteiger partial charge in [-0.25, -0.2) is 4.98 Å². The van der Waals surface area contributed by atoms with E-state index in [1.54, 1.807) is 4.90 Å². The molecule has 5 rings (SSSR count). The van der Waals surface area contributed by atoms with E-state index in [1.807, 2.05) is 0 Å². The molecule has 124 valence electrons. The smallest absolute Gasteiger partial charge is 0.314 e. The number of carbonyl (C=O) groups is 1. The molecule has 4 aliphatic rings. The first-order valence-electron chi connectivity index (χ1n) is 7.94. The number of pyridine rings is 1. The first-order valence-corrected chi connectivity index (χ1v) is 7.94. The second kappa shape index (κ2) is 4.93. The summed E-state index contributed by atoms with van der Waals surface area (Å²) in [6.45, 7) is 1.54. The van der Waals surface area contributed by atoms with Crippen molar-refractivity contribution in [2.45, 2.75) is 37.9 Å². The van der Waals surface area contributed by atoms with Crippen molar-refractivity contribution >= 4 is 11.6 Å². The van der Waals surface area contributed by atoms with E-state index in [2.05, 4.69) is 10.3 Å². The summed E-state index contributed by atoms with van der Waals surface area (Å²) >= 11 is 0. The SMILES string of the molecule is O=C1CC2(CC3CCC2CN3)CN1c1ccc(C(F)(F)F)nc1. The van der Waals surface area contributed by atoms with Gasteiger partial charge in [0, 0.05) is 24.4 Å². The molecule has 3 unspecified atom stereocenters. The number of nitrogens with one attached hydrogen (secondary N) is 1. The van der Waals surface area contributed by atoms with Gasteiger partial charge in [0.05, 0.1) is 11.9 Å². The second-order valence-electron chi connectivity index (χ2n) is 7.00. The van der Waals surface area contributed by atoms with Crippen LogP contribution in [0.25, 0.3) is 0 Å². The average molecular weight is 325 g/mol. The number of hydrogen-bond donors (Lipinski definition) is 1. The lowest BCUT2D eigenvalue weighted by Gasteiger charge is -2.50. The maximum absolute atomic E-state index is 12.6. The summed E-state index contributed by atoms with van der Waals surface area (Å²) in [7, 11) is 0. The number of rotatable bonds is 1. The molecule has 1 spiro atoms. The molecule has 3 saturated heterocycles. The van der Waals surface area contributed by atoms with Gasteiger partial charge in [0.15, 0.2) is 0 Å². The third-order valence-electron chi connectivity index (χ3n) is 5.66. The summed E-state index contributed by atoms with van der Waals surface area (Å²) < 4.78 is 37.8. The van der Waals surface area contributed by atoms with Gasteiger partial charge in [-0.2, -0.15) is 13.2 Å². The molecule has 1 N–H and O–H groups in total. The van der Waals surface area contributed by atoms with Gasteiger partial charge in [-0.05, 0) is 43.9 Å². The van der Waals surface area contributed by atoms with Gasteiger partial charge in [0.1, 0.15) is 5.69 Å². The summed E-state index contributed by atoms with van der Waals surface area (Å²) in [6.07, 6.45) is 0.472. The lowest BCUT2D eigenvalue weighted by Crippen LogP contribution is -2.55. The average Bonchev–Trinajstić information content (AvgIpc) is 2.84. The van der Waals surface area contributed by atoms with Crippen molar-refractivity contribution < 1.29 is 18.0 Å². The summed E-state index contributed by atoms with van der Waals surface area (Å²) in [4.78, 5) is 17.6. The minimum Gasteiger partial charge on any atom is -0.314 e. The molecule has 3 atom stereocenters. The standard InChI is InChI=1S/C16H18F3N3O/c17-16(18,19)13-4-3-12(8-21-13)22-9-15(6-14(22)23)5-11-2-1-10(15)7-20-11/h3-4,8,10-11,20H,1-2,5-7,9H2. The first kappa shape index (κ1) is 14.9. The first-order chi connectivity index (χ1) is 10.9. The van der Waals surface area contributed by atoms with Crippen molar-refractivity contribution in [2.24, 2.45) is 11.3 Å². The molecule has 7 heteroatoms. The Hall–Kier alpha value is -1.63. The van der Waals surface area contributed by atoms with E-state index in [0.717, 1.165) is 31.9 Å². The lowest BCUT2D eigenvalue weighted by molar-refractivity contribution is -0.141. The monoisotopic (exact) mass is 325 g/mol. The van der Waals surface area contributed by atoms with E-state index in [0.29, 0.717) is 30.6 Å². The molecule has 1 aliphatic carbocycles. The maximum Gasteiger partial charge on any atom is 0.433 e. The Morgan fingerprint density at radius 2 is 2.13 bits per heavy atom. The number of fused-ring (bicyclic) bond motifs is 2. The number of carbonyl (C=O) groups excluding carboxylic acids is 1. The number of aromatic nitrogens is 1. The molecule has 2 bridgehead atoms. The molecule has 23 heavy (non-hydrogen) atoms. The fourth-order valence-corrected chi connectivity index (χ4v) is 4.48. The van der Waals surface area contributed by atoms with Crippen molar-refractivity contribution in [1.82, 2.24) is 10.3 Å². The molecule has 4 heterocycles. The zero-order valence-electron chi connectivity index (χ0n) is 12.6. The van der Waals surface area contributed by atoms with Crippen molar-refractivity contribution in [3.05, 3.63) is 24.0 Å². The van der Waals surface area contributed by atoms with Crippen LogP contribution in [0.15, 0.2) is 18.3 Å². The second-order valence-corrected chi connectivity index (χ2v) is 7.00. The van der Waals surface area contributed by atoms with Crippen LogP contribution in [0, 0.1) is 11.3 Å². The molecule has 3 aliphatic heterocycles. The largest absolute Gasteiger partial charge is 0.433 e. The molecule has 0 radical (unpaired) electrons. The molecule has 4 fully saturated rings. The molecule has 0 aromatic carbocycles. The van der Waals surface area contributed by atoms with Crippen LogP contribution in [0.1, 0.15) is 31.4 Å². The highest BCUT2D eigenvalue weighted by Gasteiger charge is 2.53. The van der Waals surface area contributed by atoms with E-state index in [1.165, 1.54) is 12.3 Å². The Bertz CT molecular complexity index is 622. The number of piperidine rings is 2. The molecule has 1 aromatic rings. The van der Waals surface area contributed by atoms with Gasteiger partial charge in [-0.15, -0.1) is 0 Å². The van der Waals surface area contributed by atoms with Crippen LogP contribution in [0.4, 0.5) is 18.9 Å². The number of halogens is 3. The van der Waals surface area contributed by atoms with Crippen LogP contribution in [-0.2, 0) is 11.0 Å². The number of hydrogen-bond acceptors (Lipinski definition) is 3. The van der Waals surface area contributed by atoms with E-state index < -0.39 is 11.9 Å². The normalized spacial score (nSPS) is 33.7. The molecule has 1 aromatic heterocycles. The van der Waals surface area contributed by atoms with E-state index >= 15 is 0 Å². The number of amides is 1. The Kier molecular flexibility index (Phi) is 3.20. The third-order valence-corrected chi connectivity index (χ3v) is 5.66. The van der Waals surface area contributed by atoms with E-state index in [-0.39, 0.29) is 11.3 Å². The van der Waals surface area contributed by atoms with Gasteiger partial charge in [0.25, 0.3) is 0 Å². The number of alkyl halides is 3. The minimum atomic E-state index is -4.46. The lowest BCUT2D eigenvalue weighted by atomic mass is 9.61. The van der Waals surface area contributed by atoms with Crippen LogP contribution in [0.2, 0.25) is 0 Å². The highest BCUT2D eigenvalue weighted by molar-refractivity contribution is 5.96. The van der Waals surface area contributed by atoms with Crippen LogP contribution in [-0.4, -0.2) is 30.0 Å². The fourth-order valence-electron chi connectivity index (χ4n) is 4.48. The summed E-state index contributed by atoms with van der Waals surface area (Å²) in [5.41, 5.74) is -0.480. The Morgan fingerprint density at radius 3 is 2.65 bits per heavy atom. The predicted molar refractivity (Wildman–Crippen MR) is 77.8 cm³/mol. The molecular formula is C16H18F3N3O. The fraction of sp³-hybridized carbons (Fsp3) is 0.625. The predicted octanol–water partition coefficient (Wildman–Crippen LogP) is 2.60. The van der Waals surface area contributed by atoms with Gasteiger partial charge >= 0.3 is 6.18 Å². The Labute approximate surface area is 132 Å². The van der Waals surface area contributed by atoms with Gasteiger partial charge in [-0.3, -0.25) is 4.79 Å². The van der Waals surface area contributed by atoms with Gasteiger partial charge in [0.2, 0.25) is 5.91 Å². The van der Waals surface area contributed by atoms with Crippen LogP contribution in [0.5, 0.6) is 0 Å². The van der Waals surface area contributed by atoms with Crippen molar-refractivity contribution in [3.8, 4) is 0 Å². The number of anilines is 1. The molecule has 1 amide bonds. The Morgan fingerprint density at radius 1 is 1.30 bits per heavy atom. The van der Waals surface area contributed by atoms with Crippen molar-refractivity contribution in [3.63, 3.8) is 0 Å². The van der Waals surface area contributed by atoms with Crippen molar-refractivity contribution in [1.29, 1.82) is 0 Å². The highest BCUT2D eigenvalue weighted by atomic mass is 19.4. The van der Waals surface area contributed by atoms with E-state index in [4.69, 9.17) is 0 Å². The quantitative estimate of drug-likeness (QED) is 0.863. The van der Waals surface area contributed by atoms with Crippen LogP contribution >= 0.6 is 0 Å². The topological polar surface area (TPSA) is 45.2 Å².